The standard InChI is InChI=1S/C13H16ClFN2O3/c1-2-20-13(18)8-6-16-12(14)5-10(8)17-11-7-19-4-3-9(11)15/h5-6,9,11H,2-4,7H2,1H3,(H,16,17). The van der Waals surface area contributed by atoms with Crippen LogP contribution >= 0.6 is 11.6 Å². The summed E-state index contributed by atoms with van der Waals surface area (Å²) in [6.07, 6.45) is 0.607. The van der Waals surface area contributed by atoms with Gasteiger partial charge in [0.05, 0.1) is 24.9 Å². The van der Waals surface area contributed by atoms with E-state index in [9.17, 15) is 9.18 Å². The number of alkyl halides is 1. The summed E-state index contributed by atoms with van der Waals surface area (Å²) in [5.41, 5.74) is 0.635. The first-order valence-electron chi connectivity index (χ1n) is 6.42. The molecule has 2 heterocycles. The molecule has 0 radical (unpaired) electrons. The van der Waals surface area contributed by atoms with Gasteiger partial charge in [-0.05, 0) is 13.0 Å². The zero-order chi connectivity index (χ0) is 14.5. The van der Waals surface area contributed by atoms with Gasteiger partial charge in [-0.25, -0.2) is 14.2 Å². The maximum Gasteiger partial charge on any atom is 0.341 e. The molecule has 1 aliphatic heterocycles. The van der Waals surface area contributed by atoms with Crippen LogP contribution < -0.4 is 5.32 Å². The van der Waals surface area contributed by atoms with Crippen molar-refractivity contribution in [1.82, 2.24) is 4.98 Å². The van der Waals surface area contributed by atoms with Crippen LogP contribution in [0.4, 0.5) is 10.1 Å². The Balaban J connectivity index is 2.20. The highest BCUT2D eigenvalue weighted by Gasteiger charge is 2.27. The van der Waals surface area contributed by atoms with Gasteiger partial charge < -0.3 is 14.8 Å². The third-order valence-electron chi connectivity index (χ3n) is 2.98. The highest BCUT2D eigenvalue weighted by Crippen LogP contribution is 2.23. The molecular formula is C13H16ClFN2O3. The average Bonchev–Trinajstić information content (AvgIpc) is 2.42. The lowest BCUT2D eigenvalue weighted by Crippen LogP contribution is -2.40. The minimum Gasteiger partial charge on any atom is -0.462 e. The van der Waals surface area contributed by atoms with Gasteiger partial charge in [0.2, 0.25) is 0 Å². The number of pyridine rings is 1. The van der Waals surface area contributed by atoms with Crippen LogP contribution in [0.5, 0.6) is 0 Å². The van der Waals surface area contributed by atoms with Crippen LogP contribution in [-0.2, 0) is 9.47 Å². The lowest BCUT2D eigenvalue weighted by molar-refractivity contribution is 0.0402. The lowest BCUT2D eigenvalue weighted by Gasteiger charge is -2.28. The van der Waals surface area contributed by atoms with E-state index in [-0.39, 0.29) is 23.9 Å². The summed E-state index contributed by atoms with van der Waals surface area (Å²) in [6.45, 7) is 2.60. The lowest BCUT2D eigenvalue weighted by atomic mass is 10.1. The second kappa shape index (κ2) is 6.85. The molecule has 2 rings (SSSR count). The molecule has 20 heavy (non-hydrogen) atoms. The summed E-state index contributed by atoms with van der Waals surface area (Å²) in [7, 11) is 0. The molecule has 1 aromatic heterocycles. The molecule has 0 saturated carbocycles. The van der Waals surface area contributed by atoms with Crippen molar-refractivity contribution >= 4 is 23.3 Å². The molecule has 0 aliphatic carbocycles. The predicted molar refractivity (Wildman–Crippen MR) is 72.9 cm³/mol. The number of hydrogen-bond acceptors (Lipinski definition) is 5. The summed E-state index contributed by atoms with van der Waals surface area (Å²) in [4.78, 5) is 15.7. The van der Waals surface area contributed by atoms with Crippen molar-refractivity contribution < 1.29 is 18.7 Å². The van der Waals surface area contributed by atoms with Crippen molar-refractivity contribution in [2.45, 2.75) is 25.6 Å². The molecule has 1 aliphatic rings. The van der Waals surface area contributed by atoms with E-state index < -0.39 is 18.2 Å². The largest absolute Gasteiger partial charge is 0.462 e. The number of carbonyl (C=O) groups excluding carboxylic acids is 1. The summed E-state index contributed by atoms with van der Waals surface area (Å²) >= 11 is 5.82. The summed E-state index contributed by atoms with van der Waals surface area (Å²) in [6, 6.07) is 0.963. The third kappa shape index (κ3) is 3.58. The molecule has 2 unspecified atom stereocenters. The zero-order valence-corrected chi connectivity index (χ0v) is 11.8. The van der Waals surface area contributed by atoms with Crippen LogP contribution in [-0.4, -0.2) is 43.0 Å². The number of nitrogens with one attached hydrogen (secondary N) is 1. The van der Waals surface area contributed by atoms with E-state index in [1.54, 1.807) is 6.92 Å². The monoisotopic (exact) mass is 302 g/mol. The minimum absolute atomic E-state index is 0.215. The Morgan fingerprint density at radius 1 is 1.70 bits per heavy atom. The molecule has 1 saturated heterocycles. The maximum absolute atomic E-state index is 13.8. The Kier molecular flexibility index (Phi) is 5.14. The second-order valence-electron chi connectivity index (χ2n) is 4.40. The number of aromatic nitrogens is 1. The van der Waals surface area contributed by atoms with E-state index in [2.05, 4.69) is 10.3 Å². The molecule has 0 aromatic carbocycles. The molecule has 0 bridgehead atoms. The Hall–Kier alpha value is -1.40. The van der Waals surface area contributed by atoms with Gasteiger partial charge >= 0.3 is 5.97 Å². The summed E-state index contributed by atoms with van der Waals surface area (Å²) in [5, 5.41) is 3.17. The van der Waals surface area contributed by atoms with Gasteiger partial charge in [-0.3, -0.25) is 0 Å². The molecule has 7 heteroatoms. The fourth-order valence-electron chi connectivity index (χ4n) is 1.96. The Morgan fingerprint density at radius 3 is 3.20 bits per heavy atom. The van der Waals surface area contributed by atoms with Gasteiger partial charge in [-0.15, -0.1) is 0 Å². The molecule has 0 spiro atoms. The summed E-state index contributed by atoms with van der Waals surface area (Å²) in [5.74, 6) is -0.522. The highest BCUT2D eigenvalue weighted by molar-refractivity contribution is 6.29. The smallest absolute Gasteiger partial charge is 0.341 e. The Bertz CT molecular complexity index is 487. The Labute approximate surface area is 121 Å². The van der Waals surface area contributed by atoms with Gasteiger partial charge in [-0.2, -0.15) is 0 Å². The number of esters is 1. The van der Waals surface area contributed by atoms with Crippen molar-refractivity contribution in [1.29, 1.82) is 0 Å². The minimum atomic E-state index is -1.04. The van der Waals surface area contributed by atoms with Gasteiger partial charge in [-0.1, -0.05) is 11.6 Å². The number of hydrogen-bond donors (Lipinski definition) is 1. The van der Waals surface area contributed by atoms with Crippen LogP contribution in [0.1, 0.15) is 23.7 Å². The quantitative estimate of drug-likeness (QED) is 0.684. The first-order chi connectivity index (χ1) is 9.61. The fraction of sp³-hybridized carbons (Fsp3) is 0.538. The number of halogens is 2. The fourth-order valence-corrected chi connectivity index (χ4v) is 2.12. The molecule has 110 valence electrons. The van der Waals surface area contributed by atoms with Crippen LogP contribution in [0.15, 0.2) is 12.3 Å². The molecule has 5 nitrogen and oxygen atoms in total. The van der Waals surface area contributed by atoms with Gasteiger partial charge in [0.25, 0.3) is 0 Å². The first-order valence-corrected chi connectivity index (χ1v) is 6.80. The van der Waals surface area contributed by atoms with Gasteiger partial charge in [0.15, 0.2) is 0 Å². The molecule has 1 fully saturated rings. The van der Waals surface area contributed by atoms with Crippen LogP contribution in [0.2, 0.25) is 5.15 Å². The topological polar surface area (TPSA) is 60.5 Å². The number of rotatable bonds is 4. The van der Waals surface area contributed by atoms with E-state index in [0.717, 1.165) is 0 Å². The first kappa shape index (κ1) is 15.0. The van der Waals surface area contributed by atoms with E-state index in [1.807, 2.05) is 0 Å². The van der Waals surface area contributed by atoms with Crippen molar-refractivity contribution in [2.75, 3.05) is 25.1 Å². The third-order valence-corrected chi connectivity index (χ3v) is 3.19. The van der Waals surface area contributed by atoms with Crippen molar-refractivity contribution in [3.8, 4) is 0 Å². The molecular weight excluding hydrogens is 287 g/mol. The van der Waals surface area contributed by atoms with E-state index in [0.29, 0.717) is 18.7 Å². The highest BCUT2D eigenvalue weighted by atomic mass is 35.5. The van der Waals surface area contributed by atoms with Crippen molar-refractivity contribution in [3.63, 3.8) is 0 Å². The van der Waals surface area contributed by atoms with Crippen LogP contribution in [0.3, 0.4) is 0 Å². The van der Waals surface area contributed by atoms with Gasteiger partial charge in [0, 0.05) is 19.2 Å². The normalized spacial score (nSPS) is 22.4. The maximum atomic E-state index is 13.8. The molecule has 1 N–H and O–H groups in total. The summed E-state index contributed by atoms with van der Waals surface area (Å²) < 4.78 is 24.0. The number of carbonyl (C=O) groups is 1. The predicted octanol–water partition coefficient (Wildman–Crippen LogP) is 2.45. The Morgan fingerprint density at radius 2 is 2.50 bits per heavy atom. The van der Waals surface area contributed by atoms with Crippen LogP contribution in [0.25, 0.3) is 0 Å². The van der Waals surface area contributed by atoms with E-state index in [4.69, 9.17) is 21.1 Å². The van der Waals surface area contributed by atoms with Crippen molar-refractivity contribution in [2.24, 2.45) is 0 Å². The second-order valence-corrected chi connectivity index (χ2v) is 4.79. The van der Waals surface area contributed by atoms with E-state index >= 15 is 0 Å². The van der Waals surface area contributed by atoms with Crippen molar-refractivity contribution in [3.05, 3.63) is 23.0 Å². The molecule has 1 aromatic rings. The average molecular weight is 303 g/mol. The molecule has 0 amide bonds. The number of ether oxygens (including phenoxy) is 2. The van der Waals surface area contributed by atoms with E-state index in [1.165, 1.54) is 12.3 Å². The molecule has 2 atom stereocenters. The van der Waals surface area contributed by atoms with Crippen LogP contribution in [0, 0.1) is 0 Å². The SMILES string of the molecule is CCOC(=O)c1cnc(Cl)cc1NC1COCCC1F. The zero-order valence-electron chi connectivity index (χ0n) is 11.1. The number of anilines is 1. The van der Waals surface area contributed by atoms with Gasteiger partial charge in [0.1, 0.15) is 16.9 Å². The number of nitrogens with zero attached hydrogens (tertiary/aromatic N) is 1.